The van der Waals surface area contributed by atoms with E-state index in [9.17, 15) is 13.2 Å². The Labute approximate surface area is 148 Å². The quantitative estimate of drug-likeness (QED) is 0.882. The molecule has 1 amide bonds. The number of nitrogens with zero attached hydrogens (tertiary/aromatic N) is 3. The molecule has 7 nitrogen and oxygen atoms in total. The number of benzene rings is 1. The normalized spacial score (nSPS) is 17.0. The summed E-state index contributed by atoms with van der Waals surface area (Å²) in [5.41, 5.74) is 2.79. The molecule has 25 heavy (non-hydrogen) atoms. The lowest BCUT2D eigenvalue weighted by atomic mass is 10.1. The van der Waals surface area contributed by atoms with Gasteiger partial charge in [0, 0.05) is 32.6 Å². The summed E-state index contributed by atoms with van der Waals surface area (Å²) in [6.07, 6.45) is 3.04. The Hall–Kier alpha value is -1.93. The molecule has 0 spiro atoms. The van der Waals surface area contributed by atoms with Crippen LogP contribution in [0.25, 0.3) is 11.0 Å². The van der Waals surface area contributed by atoms with E-state index in [1.165, 1.54) is 10.6 Å². The van der Waals surface area contributed by atoms with E-state index in [0.29, 0.717) is 39.0 Å². The summed E-state index contributed by atoms with van der Waals surface area (Å²) < 4.78 is 24.8. The number of H-pyrrole nitrogens is 1. The molecule has 1 aromatic carbocycles. The lowest BCUT2D eigenvalue weighted by molar-refractivity contribution is -0.130. The van der Waals surface area contributed by atoms with Crippen molar-refractivity contribution in [3.63, 3.8) is 0 Å². The highest BCUT2D eigenvalue weighted by Crippen LogP contribution is 2.16. The second-order valence-corrected chi connectivity index (χ2v) is 8.44. The van der Waals surface area contributed by atoms with E-state index in [1.54, 1.807) is 4.90 Å². The average molecular weight is 364 g/mol. The van der Waals surface area contributed by atoms with Crippen LogP contribution in [0.2, 0.25) is 0 Å². The number of carbonyl (C=O) groups excluding carboxylic acids is 1. The highest BCUT2D eigenvalue weighted by Gasteiger charge is 2.23. The van der Waals surface area contributed by atoms with Crippen LogP contribution in [0.15, 0.2) is 18.2 Å². The van der Waals surface area contributed by atoms with Gasteiger partial charge in [-0.2, -0.15) is 0 Å². The maximum absolute atomic E-state index is 12.6. The van der Waals surface area contributed by atoms with Gasteiger partial charge in [-0.1, -0.05) is 13.0 Å². The Morgan fingerprint density at radius 2 is 2.04 bits per heavy atom. The number of carbonyl (C=O) groups is 1. The van der Waals surface area contributed by atoms with Crippen molar-refractivity contribution in [2.75, 3.05) is 32.4 Å². The third kappa shape index (κ3) is 4.19. The molecule has 1 fully saturated rings. The molecule has 1 saturated heterocycles. The fourth-order valence-corrected chi connectivity index (χ4v) is 4.02. The Morgan fingerprint density at radius 3 is 2.76 bits per heavy atom. The van der Waals surface area contributed by atoms with Crippen LogP contribution in [-0.4, -0.2) is 65.9 Å². The van der Waals surface area contributed by atoms with E-state index in [1.807, 2.05) is 25.1 Å². The fourth-order valence-electron chi connectivity index (χ4n) is 3.15. The monoisotopic (exact) mass is 364 g/mol. The third-order valence-electron chi connectivity index (χ3n) is 4.56. The third-order valence-corrected chi connectivity index (χ3v) is 5.87. The minimum absolute atomic E-state index is 0.0323. The molecule has 2 heterocycles. The maximum atomic E-state index is 12.6. The summed E-state index contributed by atoms with van der Waals surface area (Å²) in [4.78, 5) is 22.1. The summed E-state index contributed by atoms with van der Waals surface area (Å²) in [6.45, 7) is 3.92. The molecule has 0 atom stereocenters. The van der Waals surface area contributed by atoms with Gasteiger partial charge in [0.2, 0.25) is 15.9 Å². The molecule has 0 aliphatic carbocycles. The highest BCUT2D eigenvalue weighted by atomic mass is 32.2. The zero-order valence-corrected chi connectivity index (χ0v) is 15.5. The SMILES string of the molecule is CCc1nc2ccc(CC(=O)N3CCCN(S(C)(=O)=O)CC3)cc2[nH]1. The minimum atomic E-state index is -3.20. The van der Waals surface area contributed by atoms with Gasteiger partial charge in [-0.3, -0.25) is 4.79 Å². The van der Waals surface area contributed by atoms with Gasteiger partial charge in [0.25, 0.3) is 0 Å². The molecule has 8 heteroatoms. The van der Waals surface area contributed by atoms with Gasteiger partial charge in [-0.05, 0) is 24.1 Å². The second kappa shape index (κ2) is 7.13. The number of hydrogen-bond acceptors (Lipinski definition) is 4. The number of rotatable bonds is 4. The van der Waals surface area contributed by atoms with E-state index < -0.39 is 10.0 Å². The summed E-state index contributed by atoms with van der Waals surface area (Å²) in [6, 6.07) is 5.84. The fraction of sp³-hybridized carbons (Fsp3) is 0.529. The van der Waals surface area contributed by atoms with E-state index in [-0.39, 0.29) is 5.91 Å². The van der Waals surface area contributed by atoms with E-state index in [2.05, 4.69) is 9.97 Å². The molecule has 3 rings (SSSR count). The van der Waals surface area contributed by atoms with E-state index >= 15 is 0 Å². The molecule has 1 aromatic heterocycles. The number of amides is 1. The number of hydrogen-bond donors (Lipinski definition) is 1. The van der Waals surface area contributed by atoms with Crippen LogP contribution < -0.4 is 0 Å². The maximum Gasteiger partial charge on any atom is 0.227 e. The van der Waals surface area contributed by atoms with E-state index in [4.69, 9.17) is 0 Å². The minimum Gasteiger partial charge on any atom is -0.342 e. The van der Waals surface area contributed by atoms with Crippen molar-refractivity contribution in [1.82, 2.24) is 19.2 Å². The van der Waals surface area contributed by atoms with Gasteiger partial charge in [-0.25, -0.2) is 17.7 Å². The summed E-state index contributed by atoms with van der Waals surface area (Å²) in [5.74, 6) is 0.969. The number of aromatic amines is 1. The Morgan fingerprint density at radius 1 is 1.24 bits per heavy atom. The van der Waals surface area contributed by atoms with Crippen molar-refractivity contribution >= 4 is 27.0 Å². The van der Waals surface area contributed by atoms with Gasteiger partial charge in [-0.15, -0.1) is 0 Å². The van der Waals surface area contributed by atoms with Gasteiger partial charge >= 0.3 is 0 Å². The molecule has 0 unspecified atom stereocenters. The molecule has 1 aliphatic heterocycles. The van der Waals surface area contributed by atoms with Gasteiger partial charge < -0.3 is 9.88 Å². The lowest BCUT2D eigenvalue weighted by Crippen LogP contribution is -2.37. The molecule has 0 bridgehead atoms. The molecule has 1 aliphatic rings. The molecule has 1 N–H and O–H groups in total. The summed E-state index contributed by atoms with van der Waals surface area (Å²) >= 11 is 0. The summed E-state index contributed by atoms with van der Waals surface area (Å²) in [5, 5.41) is 0. The first kappa shape index (κ1) is 17.9. The first-order chi connectivity index (χ1) is 11.9. The first-order valence-electron chi connectivity index (χ1n) is 8.57. The van der Waals surface area contributed by atoms with Crippen LogP contribution in [0.3, 0.4) is 0 Å². The van der Waals surface area contributed by atoms with Gasteiger partial charge in [0.15, 0.2) is 0 Å². The Kier molecular flexibility index (Phi) is 5.10. The number of nitrogens with one attached hydrogen (secondary N) is 1. The first-order valence-corrected chi connectivity index (χ1v) is 10.4. The lowest BCUT2D eigenvalue weighted by Gasteiger charge is -2.21. The zero-order chi connectivity index (χ0) is 18.0. The standard InChI is InChI=1S/C17H24N4O3S/c1-3-16-18-14-6-5-13(11-15(14)19-16)12-17(22)20-7-4-8-21(10-9-20)25(2,23)24/h5-6,11H,3-4,7-10,12H2,1-2H3,(H,18,19). The molecule has 0 radical (unpaired) electrons. The van der Waals surface area contributed by atoms with E-state index in [0.717, 1.165) is 28.8 Å². The average Bonchev–Trinajstić information content (AvgIpc) is 2.79. The van der Waals surface area contributed by atoms with Crippen molar-refractivity contribution < 1.29 is 13.2 Å². The summed E-state index contributed by atoms with van der Waals surface area (Å²) in [7, 11) is -3.20. The van der Waals surface area contributed by atoms with Crippen LogP contribution in [-0.2, 0) is 27.7 Å². The predicted molar refractivity (Wildman–Crippen MR) is 96.8 cm³/mol. The zero-order valence-electron chi connectivity index (χ0n) is 14.7. The predicted octanol–water partition coefficient (Wildman–Crippen LogP) is 1.16. The van der Waals surface area contributed by atoms with Crippen molar-refractivity contribution in [3.05, 3.63) is 29.6 Å². The van der Waals surface area contributed by atoms with Crippen molar-refractivity contribution in [1.29, 1.82) is 0 Å². The van der Waals surface area contributed by atoms with Crippen molar-refractivity contribution in [2.24, 2.45) is 0 Å². The smallest absolute Gasteiger partial charge is 0.227 e. The van der Waals surface area contributed by atoms with Crippen LogP contribution in [0, 0.1) is 0 Å². The largest absolute Gasteiger partial charge is 0.342 e. The van der Waals surface area contributed by atoms with Crippen LogP contribution in [0.5, 0.6) is 0 Å². The Bertz CT molecular complexity index is 875. The molecular weight excluding hydrogens is 340 g/mol. The molecule has 136 valence electrons. The van der Waals surface area contributed by atoms with Crippen LogP contribution in [0.4, 0.5) is 0 Å². The van der Waals surface area contributed by atoms with Crippen LogP contribution in [0.1, 0.15) is 24.7 Å². The topological polar surface area (TPSA) is 86.4 Å². The number of aryl methyl sites for hydroxylation is 1. The highest BCUT2D eigenvalue weighted by molar-refractivity contribution is 7.88. The van der Waals surface area contributed by atoms with Gasteiger partial charge in [0.1, 0.15) is 5.82 Å². The van der Waals surface area contributed by atoms with Gasteiger partial charge in [0.05, 0.1) is 23.7 Å². The number of aromatic nitrogens is 2. The second-order valence-electron chi connectivity index (χ2n) is 6.46. The number of fused-ring (bicyclic) bond motifs is 1. The molecule has 0 saturated carbocycles. The number of sulfonamides is 1. The molecule has 2 aromatic rings. The van der Waals surface area contributed by atoms with Crippen LogP contribution >= 0.6 is 0 Å². The Balaban J connectivity index is 1.67. The van der Waals surface area contributed by atoms with Crippen molar-refractivity contribution in [3.8, 4) is 0 Å². The molecular formula is C17H24N4O3S. The number of imidazole rings is 1. The van der Waals surface area contributed by atoms with Crippen molar-refractivity contribution in [2.45, 2.75) is 26.2 Å².